The minimum atomic E-state index is -1.03. The van der Waals surface area contributed by atoms with E-state index in [2.05, 4.69) is 5.32 Å². The lowest BCUT2D eigenvalue weighted by atomic mass is 10.1. The van der Waals surface area contributed by atoms with Crippen molar-refractivity contribution in [2.75, 3.05) is 19.7 Å². The van der Waals surface area contributed by atoms with Crippen LogP contribution in [0.25, 0.3) is 0 Å². The fourth-order valence-electron chi connectivity index (χ4n) is 1.99. The molecular formula is C15H24N2O4. The molecule has 0 amide bonds. The highest BCUT2D eigenvalue weighted by Crippen LogP contribution is 2.28. The van der Waals surface area contributed by atoms with E-state index in [4.69, 9.17) is 4.74 Å². The van der Waals surface area contributed by atoms with Crippen LogP contribution in [0.3, 0.4) is 0 Å². The first-order valence-corrected chi connectivity index (χ1v) is 7.08. The summed E-state index contributed by atoms with van der Waals surface area (Å²) < 4.78 is 5.58. The molecule has 1 rings (SSSR count). The number of rotatable bonds is 8. The number of nitrogens with one attached hydrogen (secondary N) is 1. The van der Waals surface area contributed by atoms with Gasteiger partial charge >= 0.3 is 0 Å². The van der Waals surface area contributed by atoms with Gasteiger partial charge in [0, 0.05) is 12.1 Å². The fourth-order valence-corrected chi connectivity index (χ4v) is 1.99. The number of nitrogens with zero attached hydrogens (tertiary/aromatic N) is 1. The Bertz CT molecular complexity index is 501. The van der Waals surface area contributed by atoms with Crippen molar-refractivity contribution in [3.05, 3.63) is 33.4 Å². The first-order valence-electron chi connectivity index (χ1n) is 7.08. The van der Waals surface area contributed by atoms with E-state index in [0.29, 0.717) is 17.9 Å². The van der Waals surface area contributed by atoms with Gasteiger partial charge in [0.15, 0.2) is 0 Å². The van der Waals surface area contributed by atoms with E-state index in [1.165, 1.54) is 6.07 Å². The van der Waals surface area contributed by atoms with Crippen LogP contribution in [0.15, 0.2) is 12.1 Å². The topological polar surface area (TPSA) is 84.6 Å². The van der Waals surface area contributed by atoms with Crippen molar-refractivity contribution in [3.63, 3.8) is 0 Å². The molecule has 1 atom stereocenters. The number of aryl methyl sites for hydroxylation is 2. The smallest absolute Gasteiger partial charge is 0.276 e. The summed E-state index contributed by atoms with van der Waals surface area (Å²) in [4.78, 5) is 10.5. The number of nitro benzene ring substituents is 1. The maximum Gasteiger partial charge on any atom is 0.276 e. The summed E-state index contributed by atoms with van der Waals surface area (Å²) in [7, 11) is 0. The lowest BCUT2D eigenvalue weighted by Crippen LogP contribution is -2.43. The van der Waals surface area contributed by atoms with Crippen molar-refractivity contribution >= 4 is 5.69 Å². The van der Waals surface area contributed by atoms with Gasteiger partial charge in [0.2, 0.25) is 0 Å². The first-order chi connectivity index (χ1) is 9.76. The van der Waals surface area contributed by atoms with Crippen molar-refractivity contribution < 1.29 is 14.8 Å². The Morgan fingerprint density at radius 2 is 2.05 bits per heavy atom. The summed E-state index contributed by atoms with van der Waals surface area (Å²) in [5, 5.41) is 24.3. The molecule has 0 saturated carbocycles. The molecule has 2 N–H and O–H groups in total. The van der Waals surface area contributed by atoms with E-state index in [-0.39, 0.29) is 12.3 Å². The predicted molar refractivity (Wildman–Crippen MR) is 81.8 cm³/mol. The summed E-state index contributed by atoms with van der Waals surface area (Å²) in [5.74, 6) is 0.433. The second kappa shape index (κ2) is 7.38. The zero-order valence-electron chi connectivity index (χ0n) is 13.1. The van der Waals surface area contributed by atoms with Gasteiger partial charge in [-0.25, -0.2) is 0 Å². The lowest BCUT2D eigenvalue weighted by molar-refractivity contribution is -0.385. The van der Waals surface area contributed by atoms with E-state index in [1.807, 2.05) is 13.8 Å². The molecule has 0 aromatic heterocycles. The molecular weight excluding hydrogens is 272 g/mol. The standard InChI is InChI=1S/C15H24N2O4/c1-5-6-16-9-15(4,18)10-21-14-8-13(17(19)20)11(2)7-12(14)3/h7-8,16,18H,5-6,9-10H2,1-4H3. The highest BCUT2D eigenvalue weighted by Gasteiger charge is 2.22. The number of hydrogen-bond acceptors (Lipinski definition) is 5. The molecule has 0 bridgehead atoms. The third kappa shape index (κ3) is 5.32. The largest absolute Gasteiger partial charge is 0.490 e. The molecule has 21 heavy (non-hydrogen) atoms. The molecule has 0 aliphatic heterocycles. The minimum absolute atomic E-state index is 0.0272. The SMILES string of the molecule is CCCNCC(C)(O)COc1cc([N+](=O)[O-])c(C)cc1C. The molecule has 0 spiro atoms. The molecule has 6 heteroatoms. The molecule has 118 valence electrons. The molecule has 0 fully saturated rings. The molecule has 0 radical (unpaired) electrons. The zero-order chi connectivity index (χ0) is 16.0. The third-order valence-electron chi connectivity index (χ3n) is 3.16. The van der Waals surface area contributed by atoms with Crippen LogP contribution in [0.5, 0.6) is 5.75 Å². The Morgan fingerprint density at radius 1 is 1.38 bits per heavy atom. The third-order valence-corrected chi connectivity index (χ3v) is 3.16. The summed E-state index contributed by atoms with van der Waals surface area (Å²) in [6.45, 7) is 8.56. The van der Waals surface area contributed by atoms with Crippen LogP contribution in [0.4, 0.5) is 5.69 Å². The van der Waals surface area contributed by atoms with Crippen molar-refractivity contribution in [3.8, 4) is 5.75 Å². The first kappa shape index (κ1) is 17.4. The molecule has 1 aromatic rings. The van der Waals surface area contributed by atoms with Crippen LogP contribution in [0.1, 0.15) is 31.4 Å². The second-order valence-electron chi connectivity index (χ2n) is 5.62. The normalized spacial score (nSPS) is 13.8. The van der Waals surface area contributed by atoms with Gasteiger partial charge in [-0.05, 0) is 45.4 Å². The molecule has 1 aromatic carbocycles. The molecule has 0 aliphatic rings. The zero-order valence-corrected chi connectivity index (χ0v) is 13.1. The molecule has 6 nitrogen and oxygen atoms in total. The molecule has 1 unspecified atom stereocenters. The van der Waals surface area contributed by atoms with Crippen molar-refractivity contribution in [2.24, 2.45) is 0 Å². The van der Waals surface area contributed by atoms with Gasteiger partial charge in [-0.2, -0.15) is 0 Å². The Labute approximate surface area is 125 Å². The summed E-state index contributed by atoms with van der Waals surface area (Å²) in [6.07, 6.45) is 0.986. The van der Waals surface area contributed by atoms with Crippen LogP contribution in [0, 0.1) is 24.0 Å². The van der Waals surface area contributed by atoms with E-state index in [0.717, 1.165) is 18.5 Å². The average molecular weight is 296 g/mol. The second-order valence-corrected chi connectivity index (χ2v) is 5.62. The number of aliphatic hydroxyl groups is 1. The maximum atomic E-state index is 11.0. The maximum absolute atomic E-state index is 11.0. The van der Waals surface area contributed by atoms with E-state index in [1.54, 1.807) is 19.9 Å². The number of hydrogen-bond donors (Lipinski definition) is 2. The van der Waals surface area contributed by atoms with Crippen molar-refractivity contribution in [1.82, 2.24) is 5.32 Å². The summed E-state index contributed by atoms with van der Waals surface area (Å²) >= 11 is 0. The Balaban J connectivity index is 2.74. The fraction of sp³-hybridized carbons (Fsp3) is 0.600. The average Bonchev–Trinajstić information content (AvgIpc) is 2.37. The molecule has 0 heterocycles. The van der Waals surface area contributed by atoms with Crippen LogP contribution in [0.2, 0.25) is 0 Å². The van der Waals surface area contributed by atoms with Gasteiger partial charge in [-0.15, -0.1) is 0 Å². The quantitative estimate of drug-likeness (QED) is 0.437. The number of nitro groups is 1. The Morgan fingerprint density at radius 3 is 2.62 bits per heavy atom. The number of benzene rings is 1. The Kier molecular flexibility index (Phi) is 6.11. The van der Waals surface area contributed by atoms with Crippen molar-refractivity contribution in [2.45, 2.75) is 39.7 Å². The highest BCUT2D eigenvalue weighted by molar-refractivity contribution is 5.49. The lowest BCUT2D eigenvalue weighted by Gasteiger charge is -2.24. The Hall–Kier alpha value is -1.66. The van der Waals surface area contributed by atoms with Crippen LogP contribution < -0.4 is 10.1 Å². The predicted octanol–water partition coefficient (Wildman–Crippen LogP) is 2.34. The van der Waals surface area contributed by atoms with Gasteiger partial charge in [-0.3, -0.25) is 10.1 Å². The van der Waals surface area contributed by atoms with E-state index in [9.17, 15) is 15.2 Å². The van der Waals surface area contributed by atoms with Gasteiger partial charge < -0.3 is 15.2 Å². The molecule has 0 saturated heterocycles. The van der Waals surface area contributed by atoms with Crippen LogP contribution >= 0.6 is 0 Å². The van der Waals surface area contributed by atoms with Crippen LogP contribution in [-0.4, -0.2) is 35.3 Å². The van der Waals surface area contributed by atoms with Gasteiger partial charge in [-0.1, -0.05) is 6.92 Å². The molecule has 0 aliphatic carbocycles. The van der Waals surface area contributed by atoms with Gasteiger partial charge in [0.1, 0.15) is 18.0 Å². The van der Waals surface area contributed by atoms with Crippen molar-refractivity contribution in [1.29, 1.82) is 0 Å². The monoisotopic (exact) mass is 296 g/mol. The minimum Gasteiger partial charge on any atom is -0.490 e. The van der Waals surface area contributed by atoms with E-state index < -0.39 is 10.5 Å². The van der Waals surface area contributed by atoms with E-state index >= 15 is 0 Å². The number of ether oxygens (including phenoxy) is 1. The van der Waals surface area contributed by atoms with Gasteiger partial charge in [0.05, 0.1) is 11.0 Å². The van der Waals surface area contributed by atoms with Crippen LogP contribution in [-0.2, 0) is 0 Å². The highest BCUT2D eigenvalue weighted by atomic mass is 16.6. The summed E-state index contributed by atoms with van der Waals surface area (Å²) in [5.41, 5.74) is 0.414. The summed E-state index contributed by atoms with van der Waals surface area (Å²) in [6, 6.07) is 3.14. The van der Waals surface area contributed by atoms with Gasteiger partial charge in [0.25, 0.3) is 5.69 Å².